The highest BCUT2D eigenvalue weighted by Crippen LogP contribution is 2.33. The minimum Gasteiger partial charge on any atom is -0.475 e. The van der Waals surface area contributed by atoms with Crippen molar-refractivity contribution in [2.75, 3.05) is 19.6 Å². The van der Waals surface area contributed by atoms with Crippen molar-refractivity contribution < 1.29 is 46.1 Å². The fraction of sp³-hybridized carbons (Fsp3) is 0.737. The Morgan fingerprint density at radius 2 is 1.45 bits per heavy atom. The average molecular weight is 507 g/mol. The van der Waals surface area contributed by atoms with Crippen molar-refractivity contribution in [1.29, 1.82) is 0 Å². The van der Waals surface area contributed by atoms with E-state index in [1.54, 1.807) is 11.3 Å². The Morgan fingerprint density at radius 3 is 1.82 bits per heavy atom. The van der Waals surface area contributed by atoms with Crippen LogP contribution in [0.25, 0.3) is 0 Å². The molecule has 3 heterocycles. The van der Waals surface area contributed by atoms with Crippen LogP contribution in [0.5, 0.6) is 0 Å². The number of nitrogens with zero attached hydrogens (tertiary/aromatic N) is 3. The number of aromatic nitrogens is 1. The van der Waals surface area contributed by atoms with Gasteiger partial charge in [-0.3, -0.25) is 9.80 Å². The molecule has 2 N–H and O–H groups in total. The predicted octanol–water partition coefficient (Wildman–Crippen LogP) is 4.02. The maximum absolute atomic E-state index is 10.6. The number of likely N-dealkylation sites (tertiary alicyclic amines) is 2. The summed E-state index contributed by atoms with van der Waals surface area (Å²) in [5.41, 5.74) is 1.27. The Balaban J connectivity index is 0.000000324. The summed E-state index contributed by atoms with van der Waals surface area (Å²) in [4.78, 5) is 27.8. The number of aliphatic carboxylic acids is 2. The van der Waals surface area contributed by atoms with E-state index in [9.17, 15) is 26.3 Å². The number of carbonyl (C=O) groups is 2. The van der Waals surface area contributed by atoms with E-state index in [2.05, 4.69) is 40.9 Å². The van der Waals surface area contributed by atoms with E-state index in [1.165, 1.54) is 43.2 Å². The molecule has 0 aliphatic carbocycles. The highest BCUT2D eigenvalue weighted by molar-refractivity contribution is 7.09. The van der Waals surface area contributed by atoms with Crippen molar-refractivity contribution >= 4 is 23.3 Å². The molecule has 3 rings (SSSR count). The molecule has 0 spiro atoms. The van der Waals surface area contributed by atoms with Crippen molar-refractivity contribution in [1.82, 2.24) is 14.8 Å². The van der Waals surface area contributed by atoms with Crippen LogP contribution in [0.4, 0.5) is 26.3 Å². The van der Waals surface area contributed by atoms with E-state index in [-0.39, 0.29) is 0 Å². The number of hydrogen-bond donors (Lipinski definition) is 2. The zero-order valence-corrected chi connectivity index (χ0v) is 19.1. The fourth-order valence-electron chi connectivity index (χ4n) is 3.75. The minimum absolute atomic E-state index is 0.778. The lowest BCUT2D eigenvalue weighted by molar-refractivity contribution is -0.193. The lowest BCUT2D eigenvalue weighted by Crippen LogP contribution is -2.37. The zero-order chi connectivity index (χ0) is 25.6. The Labute approximate surface area is 191 Å². The van der Waals surface area contributed by atoms with E-state index < -0.39 is 24.3 Å². The van der Waals surface area contributed by atoms with Crippen LogP contribution in [0, 0.1) is 12.8 Å². The summed E-state index contributed by atoms with van der Waals surface area (Å²) in [7, 11) is 0. The van der Waals surface area contributed by atoms with Crippen LogP contribution >= 0.6 is 11.3 Å². The summed E-state index contributed by atoms with van der Waals surface area (Å²) in [6.45, 7) is 11.6. The molecule has 0 radical (unpaired) electrons. The summed E-state index contributed by atoms with van der Waals surface area (Å²) < 4.78 is 63.5. The first kappa shape index (κ1) is 29.1. The van der Waals surface area contributed by atoms with Gasteiger partial charge in [0.2, 0.25) is 0 Å². The molecule has 2 unspecified atom stereocenters. The van der Waals surface area contributed by atoms with Crippen LogP contribution in [0.15, 0.2) is 5.38 Å². The van der Waals surface area contributed by atoms with E-state index in [0.717, 1.165) is 24.5 Å². The van der Waals surface area contributed by atoms with Gasteiger partial charge in [-0.15, -0.1) is 11.3 Å². The second kappa shape index (κ2) is 12.0. The minimum atomic E-state index is -5.08. The summed E-state index contributed by atoms with van der Waals surface area (Å²) in [5.74, 6) is -4.73. The van der Waals surface area contributed by atoms with E-state index >= 15 is 0 Å². The van der Waals surface area contributed by atoms with Crippen molar-refractivity contribution in [3.63, 3.8) is 0 Å². The molecule has 1 aromatic rings. The van der Waals surface area contributed by atoms with Gasteiger partial charge >= 0.3 is 24.3 Å². The smallest absolute Gasteiger partial charge is 0.475 e. The Hall–Kier alpha value is -1.93. The van der Waals surface area contributed by atoms with Crippen molar-refractivity contribution in [2.24, 2.45) is 5.92 Å². The summed E-state index contributed by atoms with van der Waals surface area (Å²) in [6, 6.07) is 1.59. The fourth-order valence-corrected chi connectivity index (χ4v) is 4.35. The van der Waals surface area contributed by atoms with Gasteiger partial charge in [0.05, 0.1) is 10.7 Å². The lowest BCUT2D eigenvalue weighted by atomic mass is 10.1. The first-order valence-corrected chi connectivity index (χ1v) is 10.9. The quantitative estimate of drug-likeness (QED) is 0.595. The number of carboxylic acid groups (broad SMARTS) is 2. The number of hydrogen-bond acceptors (Lipinski definition) is 6. The third-order valence-corrected chi connectivity index (χ3v) is 5.74. The van der Waals surface area contributed by atoms with Crippen LogP contribution in [-0.2, 0) is 16.1 Å². The summed E-state index contributed by atoms with van der Waals surface area (Å²) in [5, 5.41) is 17.7. The maximum Gasteiger partial charge on any atom is 0.490 e. The van der Waals surface area contributed by atoms with Gasteiger partial charge in [-0.1, -0.05) is 13.8 Å². The third-order valence-electron chi connectivity index (χ3n) is 4.92. The molecule has 14 heteroatoms. The third kappa shape index (κ3) is 9.84. The van der Waals surface area contributed by atoms with Crippen LogP contribution in [0.1, 0.15) is 37.4 Å². The molecule has 7 nitrogen and oxygen atoms in total. The first-order chi connectivity index (χ1) is 15.0. The van der Waals surface area contributed by atoms with Crippen molar-refractivity contribution in [2.45, 2.75) is 64.6 Å². The molecule has 2 saturated heterocycles. The standard InChI is InChI=1S/C15H25N3S.2C2HF3O2/c1-11(2)8-17-6-4-15-14(17)5-7-18(15)9-13-10-19-12(3)16-13;2*3-2(4,5)1(6)7/h10-11,14-15H,4-9H2,1-3H3;2*(H,6,7). The number of aryl methyl sites for hydroxylation is 1. The monoisotopic (exact) mass is 507 g/mol. The maximum atomic E-state index is 10.6. The molecule has 2 aliphatic heterocycles. The lowest BCUT2D eigenvalue weighted by Gasteiger charge is -2.26. The van der Waals surface area contributed by atoms with Crippen molar-refractivity contribution in [3.8, 4) is 0 Å². The molecular weight excluding hydrogens is 480 g/mol. The molecule has 190 valence electrons. The van der Waals surface area contributed by atoms with Crippen LogP contribution in [0.3, 0.4) is 0 Å². The summed E-state index contributed by atoms with van der Waals surface area (Å²) >= 11 is 1.77. The molecule has 0 saturated carbocycles. The molecular formula is C19H27F6N3O4S. The van der Waals surface area contributed by atoms with Crippen LogP contribution in [0.2, 0.25) is 0 Å². The highest BCUT2D eigenvalue weighted by Gasteiger charge is 2.42. The number of thiazole rings is 1. The molecule has 1 aromatic heterocycles. The number of alkyl halides is 6. The zero-order valence-electron chi connectivity index (χ0n) is 18.3. The molecule has 0 aromatic carbocycles. The first-order valence-electron chi connectivity index (χ1n) is 10.0. The van der Waals surface area contributed by atoms with Gasteiger partial charge < -0.3 is 10.2 Å². The Bertz CT molecular complexity index is 760. The number of halogens is 6. The number of carboxylic acids is 2. The number of fused-ring (bicyclic) bond motifs is 1. The van der Waals surface area contributed by atoms with E-state index in [1.807, 2.05) is 0 Å². The van der Waals surface area contributed by atoms with E-state index in [0.29, 0.717) is 0 Å². The van der Waals surface area contributed by atoms with Gasteiger partial charge in [-0.2, -0.15) is 26.3 Å². The van der Waals surface area contributed by atoms with Gasteiger partial charge in [0.25, 0.3) is 0 Å². The Morgan fingerprint density at radius 1 is 1.03 bits per heavy atom. The largest absolute Gasteiger partial charge is 0.490 e. The Kier molecular flexibility index (Phi) is 10.6. The molecule has 2 atom stereocenters. The van der Waals surface area contributed by atoms with Crippen molar-refractivity contribution in [3.05, 3.63) is 16.1 Å². The highest BCUT2D eigenvalue weighted by atomic mass is 32.1. The average Bonchev–Trinajstić information content (AvgIpc) is 3.34. The number of rotatable bonds is 4. The topological polar surface area (TPSA) is 94.0 Å². The van der Waals surface area contributed by atoms with Gasteiger partial charge in [-0.05, 0) is 25.7 Å². The van der Waals surface area contributed by atoms with Crippen LogP contribution in [-0.4, -0.2) is 81.0 Å². The van der Waals surface area contributed by atoms with Gasteiger partial charge in [0.15, 0.2) is 0 Å². The van der Waals surface area contributed by atoms with Gasteiger partial charge in [-0.25, -0.2) is 14.6 Å². The summed E-state index contributed by atoms with van der Waals surface area (Å²) in [6.07, 6.45) is -7.47. The van der Waals surface area contributed by atoms with E-state index in [4.69, 9.17) is 19.8 Å². The molecule has 2 fully saturated rings. The molecule has 0 amide bonds. The SMILES string of the molecule is Cc1nc(CN2CCC3C2CCN3CC(C)C)cs1.O=C(O)C(F)(F)F.O=C(O)C(F)(F)F. The van der Waals surface area contributed by atoms with Gasteiger partial charge in [0.1, 0.15) is 0 Å². The van der Waals surface area contributed by atoms with Gasteiger partial charge in [0, 0.05) is 43.6 Å². The second-order valence-electron chi connectivity index (χ2n) is 8.03. The van der Waals surface area contributed by atoms with Crippen LogP contribution < -0.4 is 0 Å². The predicted molar refractivity (Wildman–Crippen MR) is 108 cm³/mol. The molecule has 0 bridgehead atoms. The normalized spacial score (nSPS) is 21.2. The second-order valence-corrected chi connectivity index (χ2v) is 9.10. The molecule has 2 aliphatic rings. The molecule has 33 heavy (non-hydrogen) atoms.